The molecule has 0 unspecified atom stereocenters. The molecule has 132 valence electrons. The largest absolute Gasteiger partial charge is 0.381 e. The van der Waals surface area contributed by atoms with E-state index in [9.17, 15) is 4.79 Å². The number of rotatable bonds is 3. The fraction of sp³-hybridized carbons (Fsp3) is 0.824. The van der Waals surface area contributed by atoms with Gasteiger partial charge in [-0.1, -0.05) is 13.8 Å². The summed E-state index contributed by atoms with van der Waals surface area (Å²) >= 11 is 0. The first-order valence-electron chi connectivity index (χ1n) is 9.13. The number of likely N-dealkylation sites (tertiary alicyclic amines) is 1. The molecular weight excluding hydrogens is 306 g/mol. The second-order valence-corrected chi connectivity index (χ2v) is 7.87. The number of nitrogens with one attached hydrogen (secondary N) is 1. The first-order chi connectivity index (χ1) is 11.6. The van der Waals surface area contributed by atoms with Crippen molar-refractivity contribution >= 4 is 6.03 Å². The van der Waals surface area contributed by atoms with Crippen LogP contribution in [0.1, 0.15) is 50.8 Å². The number of carbonyl (C=O) groups excluding carboxylic acids is 1. The number of carbonyl (C=O) groups is 1. The van der Waals surface area contributed by atoms with E-state index in [2.05, 4.69) is 33.9 Å². The lowest BCUT2D eigenvalue weighted by molar-refractivity contribution is 0.151. The van der Waals surface area contributed by atoms with Gasteiger partial charge in [0.1, 0.15) is 5.82 Å². The molecule has 4 heterocycles. The average molecular weight is 333 g/mol. The van der Waals surface area contributed by atoms with Crippen molar-refractivity contribution in [1.82, 2.24) is 25.0 Å². The van der Waals surface area contributed by atoms with Crippen LogP contribution in [0.15, 0.2) is 0 Å². The standard InChI is InChI=1S/C17H27N5O2/c1-12(2)14(15-20-19-13-4-3-7-22(13)15)18-16(23)21-8-5-17(10-21)6-9-24-11-17/h12,14H,3-11H2,1-2H3,(H,18,23)/t14-,17+/m1/s1. The van der Waals surface area contributed by atoms with Gasteiger partial charge in [0, 0.05) is 38.1 Å². The molecule has 1 aromatic heterocycles. The number of aryl methyl sites for hydroxylation is 1. The molecule has 2 saturated heterocycles. The number of nitrogens with zero attached hydrogens (tertiary/aromatic N) is 4. The van der Waals surface area contributed by atoms with E-state index in [1.807, 2.05) is 4.90 Å². The Morgan fingerprint density at radius 2 is 2.17 bits per heavy atom. The number of aromatic nitrogens is 3. The average Bonchev–Trinajstić information content (AvgIpc) is 3.31. The van der Waals surface area contributed by atoms with E-state index in [1.165, 1.54) is 0 Å². The Labute approximate surface area is 142 Å². The third-order valence-electron chi connectivity index (χ3n) is 5.77. The number of amides is 2. The molecule has 1 aromatic rings. The molecule has 0 aromatic carbocycles. The summed E-state index contributed by atoms with van der Waals surface area (Å²) in [4.78, 5) is 14.8. The van der Waals surface area contributed by atoms with Crippen LogP contribution < -0.4 is 5.32 Å². The van der Waals surface area contributed by atoms with E-state index in [-0.39, 0.29) is 23.4 Å². The topological polar surface area (TPSA) is 72.3 Å². The Morgan fingerprint density at radius 3 is 2.92 bits per heavy atom. The molecule has 4 rings (SSSR count). The maximum atomic E-state index is 12.8. The lowest BCUT2D eigenvalue weighted by Crippen LogP contribution is -2.43. The van der Waals surface area contributed by atoms with Gasteiger partial charge in [-0.2, -0.15) is 0 Å². The first kappa shape index (κ1) is 15.9. The Bertz CT molecular complexity index is 620. The molecule has 1 spiro atoms. The van der Waals surface area contributed by atoms with Crippen LogP contribution in [-0.2, 0) is 17.7 Å². The van der Waals surface area contributed by atoms with Crippen molar-refractivity contribution < 1.29 is 9.53 Å². The predicted octanol–water partition coefficient (Wildman–Crippen LogP) is 1.74. The second-order valence-electron chi connectivity index (χ2n) is 7.87. The van der Waals surface area contributed by atoms with Gasteiger partial charge >= 0.3 is 6.03 Å². The van der Waals surface area contributed by atoms with Crippen LogP contribution in [0.25, 0.3) is 0 Å². The van der Waals surface area contributed by atoms with Crippen molar-refractivity contribution in [1.29, 1.82) is 0 Å². The van der Waals surface area contributed by atoms with Gasteiger partial charge in [0.2, 0.25) is 0 Å². The van der Waals surface area contributed by atoms with Crippen LogP contribution in [0, 0.1) is 11.3 Å². The highest BCUT2D eigenvalue weighted by molar-refractivity contribution is 5.75. The fourth-order valence-electron chi connectivity index (χ4n) is 4.24. The molecule has 24 heavy (non-hydrogen) atoms. The van der Waals surface area contributed by atoms with Crippen molar-refractivity contribution in [3.05, 3.63) is 11.6 Å². The highest BCUT2D eigenvalue weighted by atomic mass is 16.5. The molecule has 2 fully saturated rings. The molecule has 3 aliphatic rings. The zero-order valence-corrected chi connectivity index (χ0v) is 14.6. The van der Waals surface area contributed by atoms with Crippen LogP contribution in [-0.4, -0.2) is 52.0 Å². The predicted molar refractivity (Wildman–Crippen MR) is 88.5 cm³/mol. The fourth-order valence-corrected chi connectivity index (χ4v) is 4.24. The lowest BCUT2D eigenvalue weighted by Gasteiger charge is -2.27. The number of hydrogen-bond donors (Lipinski definition) is 1. The highest BCUT2D eigenvalue weighted by Crippen LogP contribution is 2.38. The normalized spacial score (nSPS) is 27.2. The minimum atomic E-state index is -0.0896. The van der Waals surface area contributed by atoms with Crippen molar-refractivity contribution in [3.8, 4) is 0 Å². The number of urea groups is 1. The third kappa shape index (κ3) is 2.68. The van der Waals surface area contributed by atoms with Crippen molar-refractivity contribution in [2.45, 2.75) is 52.1 Å². The maximum absolute atomic E-state index is 12.8. The number of ether oxygens (including phenoxy) is 1. The quantitative estimate of drug-likeness (QED) is 0.914. The summed E-state index contributed by atoms with van der Waals surface area (Å²) in [6, 6.07) is -0.0685. The van der Waals surface area contributed by atoms with Crippen LogP contribution in [0.4, 0.5) is 4.79 Å². The zero-order chi connectivity index (χ0) is 16.7. The van der Waals surface area contributed by atoms with E-state index < -0.39 is 0 Å². The van der Waals surface area contributed by atoms with Crippen LogP contribution in [0.3, 0.4) is 0 Å². The van der Waals surface area contributed by atoms with Gasteiger partial charge in [-0.05, 0) is 25.2 Å². The van der Waals surface area contributed by atoms with Crippen molar-refractivity contribution in [3.63, 3.8) is 0 Å². The molecule has 7 heteroatoms. The van der Waals surface area contributed by atoms with Crippen LogP contribution in [0.5, 0.6) is 0 Å². The molecule has 2 atom stereocenters. The van der Waals surface area contributed by atoms with Gasteiger partial charge in [-0.25, -0.2) is 4.79 Å². The summed E-state index contributed by atoms with van der Waals surface area (Å²) in [5.74, 6) is 2.23. The van der Waals surface area contributed by atoms with Crippen LogP contribution >= 0.6 is 0 Å². The molecule has 7 nitrogen and oxygen atoms in total. The SMILES string of the molecule is CC(C)[C@@H](NC(=O)N1CC[C@]2(CCOC2)C1)c1nnc2n1CCC2. The van der Waals surface area contributed by atoms with E-state index in [0.717, 1.165) is 70.2 Å². The molecule has 1 N–H and O–H groups in total. The minimum Gasteiger partial charge on any atom is -0.381 e. The van der Waals surface area contributed by atoms with Gasteiger partial charge < -0.3 is 19.5 Å². The van der Waals surface area contributed by atoms with E-state index in [4.69, 9.17) is 4.74 Å². The van der Waals surface area contributed by atoms with E-state index >= 15 is 0 Å². The summed E-state index contributed by atoms with van der Waals surface area (Å²) in [6.07, 6.45) is 4.22. The molecule has 3 aliphatic heterocycles. The third-order valence-corrected chi connectivity index (χ3v) is 5.77. The molecule has 0 bridgehead atoms. The van der Waals surface area contributed by atoms with Crippen LogP contribution in [0.2, 0.25) is 0 Å². The van der Waals surface area contributed by atoms with Gasteiger partial charge in [-0.3, -0.25) is 0 Å². The number of fused-ring (bicyclic) bond motifs is 1. The van der Waals surface area contributed by atoms with E-state index in [1.54, 1.807) is 0 Å². The van der Waals surface area contributed by atoms with E-state index in [0.29, 0.717) is 0 Å². The molecule has 2 amide bonds. The molecule has 0 aliphatic carbocycles. The smallest absolute Gasteiger partial charge is 0.318 e. The summed E-state index contributed by atoms with van der Waals surface area (Å²) in [5, 5.41) is 11.9. The summed E-state index contributed by atoms with van der Waals surface area (Å²) in [6.45, 7) is 8.45. The van der Waals surface area contributed by atoms with Gasteiger partial charge in [0.05, 0.1) is 12.6 Å². The second kappa shape index (κ2) is 6.02. The zero-order valence-electron chi connectivity index (χ0n) is 14.6. The van der Waals surface area contributed by atoms with Gasteiger partial charge in [0.25, 0.3) is 0 Å². The van der Waals surface area contributed by atoms with Gasteiger partial charge in [-0.15, -0.1) is 10.2 Å². The Morgan fingerprint density at radius 1 is 1.29 bits per heavy atom. The summed E-state index contributed by atoms with van der Waals surface area (Å²) < 4.78 is 7.74. The maximum Gasteiger partial charge on any atom is 0.318 e. The summed E-state index contributed by atoms with van der Waals surface area (Å²) in [7, 11) is 0. The Hall–Kier alpha value is -1.63. The van der Waals surface area contributed by atoms with Crippen molar-refractivity contribution in [2.24, 2.45) is 11.3 Å². The summed E-state index contributed by atoms with van der Waals surface area (Å²) in [5.41, 5.74) is 0.195. The Balaban J connectivity index is 1.46. The van der Waals surface area contributed by atoms with Crippen molar-refractivity contribution in [2.75, 3.05) is 26.3 Å². The Kier molecular flexibility index (Phi) is 3.98. The monoisotopic (exact) mass is 333 g/mol. The minimum absolute atomic E-state index is 0.0211. The number of hydrogen-bond acceptors (Lipinski definition) is 4. The molecular formula is C17H27N5O2. The first-order valence-corrected chi connectivity index (χ1v) is 9.13. The van der Waals surface area contributed by atoms with Gasteiger partial charge in [0.15, 0.2) is 5.82 Å². The molecule has 0 saturated carbocycles. The molecule has 0 radical (unpaired) electrons. The lowest BCUT2D eigenvalue weighted by atomic mass is 9.87. The highest BCUT2D eigenvalue weighted by Gasteiger charge is 2.43.